The number of rotatable bonds is 6. The van der Waals surface area contributed by atoms with Crippen LogP contribution in [0, 0.1) is 5.41 Å². The fourth-order valence-electron chi connectivity index (χ4n) is 6.08. The molecule has 0 aromatic heterocycles. The predicted molar refractivity (Wildman–Crippen MR) is 119 cm³/mol. The highest BCUT2D eigenvalue weighted by atomic mass is 16.5. The quantitative estimate of drug-likeness (QED) is 0.606. The number of methoxy groups -OCH3 is 1. The van der Waals surface area contributed by atoms with Crippen molar-refractivity contribution in [1.29, 1.82) is 0 Å². The maximum absolute atomic E-state index is 12.5. The van der Waals surface area contributed by atoms with Gasteiger partial charge in [-0.2, -0.15) is 0 Å². The van der Waals surface area contributed by atoms with Gasteiger partial charge in [-0.1, -0.05) is 72.8 Å². The van der Waals surface area contributed by atoms with E-state index in [4.69, 9.17) is 4.74 Å². The molecule has 0 aliphatic carbocycles. The lowest BCUT2D eigenvalue weighted by atomic mass is 9.63. The summed E-state index contributed by atoms with van der Waals surface area (Å²) in [4.78, 5) is 0. The maximum Gasteiger partial charge on any atom is 0.126 e. The van der Waals surface area contributed by atoms with Crippen molar-refractivity contribution in [3.8, 4) is 5.75 Å². The van der Waals surface area contributed by atoms with Crippen LogP contribution in [0.5, 0.6) is 5.75 Å². The Labute approximate surface area is 179 Å². The number of hydrogen-bond donors (Lipinski definition) is 1. The Bertz CT molecular complexity index is 968. The summed E-state index contributed by atoms with van der Waals surface area (Å²) in [5, 5.41) is 12.5. The first-order valence-corrected chi connectivity index (χ1v) is 10.9. The Morgan fingerprint density at radius 2 is 1.47 bits per heavy atom. The molecule has 2 aliphatic heterocycles. The number of fused-ring (bicyclic) bond motifs is 2. The second-order valence-electron chi connectivity index (χ2n) is 9.18. The summed E-state index contributed by atoms with van der Waals surface area (Å²) < 4.78 is 6.49. The van der Waals surface area contributed by atoms with E-state index in [1.165, 1.54) is 5.56 Å². The third-order valence-electron chi connectivity index (χ3n) is 7.57. The standard InChI is InChI=1S/C27H30NO2/c1-30-25-14-8-9-22(19-25)20-28-17-15-26(21-28,16-18-28)27(29,23-10-4-2-5-11-23)24-12-6-3-7-13-24/h2-14,19,29H,15-18,20-21H2,1H3/q+1. The van der Waals surface area contributed by atoms with E-state index in [9.17, 15) is 5.11 Å². The van der Waals surface area contributed by atoms with Gasteiger partial charge in [0, 0.05) is 18.4 Å². The molecule has 0 unspecified atom stereocenters. The van der Waals surface area contributed by atoms with E-state index in [0.717, 1.165) is 60.4 Å². The number of piperidine rings is 1. The van der Waals surface area contributed by atoms with Gasteiger partial charge in [0.15, 0.2) is 0 Å². The largest absolute Gasteiger partial charge is 0.497 e. The van der Waals surface area contributed by atoms with Crippen LogP contribution in [0.4, 0.5) is 0 Å². The maximum atomic E-state index is 12.5. The van der Waals surface area contributed by atoms with Crippen molar-refractivity contribution in [3.05, 3.63) is 102 Å². The van der Waals surface area contributed by atoms with Crippen LogP contribution in [-0.2, 0) is 12.1 Å². The van der Waals surface area contributed by atoms with E-state index in [1.54, 1.807) is 7.11 Å². The highest BCUT2D eigenvalue weighted by molar-refractivity contribution is 5.40. The van der Waals surface area contributed by atoms with E-state index in [2.05, 4.69) is 42.5 Å². The zero-order valence-electron chi connectivity index (χ0n) is 17.6. The molecule has 1 N–H and O–H groups in total. The van der Waals surface area contributed by atoms with Gasteiger partial charge in [-0.05, 0) is 23.3 Å². The van der Waals surface area contributed by atoms with Gasteiger partial charge in [0.2, 0.25) is 0 Å². The molecule has 2 aliphatic rings. The molecule has 0 saturated carbocycles. The lowest BCUT2D eigenvalue weighted by molar-refractivity contribution is -0.922. The molecular weight excluding hydrogens is 370 g/mol. The summed E-state index contributed by atoms with van der Waals surface area (Å²) in [6.07, 6.45) is 2.08. The van der Waals surface area contributed by atoms with Gasteiger partial charge >= 0.3 is 0 Å². The normalized spacial score (nSPS) is 25.4. The molecule has 2 bridgehead atoms. The van der Waals surface area contributed by atoms with Crippen molar-refractivity contribution in [2.45, 2.75) is 25.0 Å². The summed E-state index contributed by atoms with van der Waals surface area (Å²) in [5.74, 6) is 0.917. The molecule has 0 atom stereocenters. The summed E-state index contributed by atoms with van der Waals surface area (Å²) in [7, 11) is 1.72. The van der Waals surface area contributed by atoms with Crippen LogP contribution in [0.3, 0.4) is 0 Å². The van der Waals surface area contributed by atoms with Crippen molar-refractivity contribution in [1.82, 2.24) is 0 Å². The molecule has 154 valence electrons. The van der Waals surface area contributed by atoms with Crippen LogP contribution in [0.25, 0.3) is 0 Å². The highest BCUT2D eigenvalue weighted by Crippen LogP contribution is 2.58. The number of quaternary nitrogens is 1. The highest BCUT2D eigenvalue weighted by Gasteiger charge is 2.65. The second kappa shape index (κ2) is 7.26. The molecule has 3 aromatic rings. The number of ether oxygens (including phenoxy) is 1. The van der Waals surface area contributed by atoms with Crippen molar-refractivity contribution in [2.75, 3.05) is 26.7 Å². The lowest BCUT2D eigenvalue weighted by Gasteiger charge is -2.42. The first kappa shape index (κ1) is 19.3. The minimum atomic E-state index is -0.972. The molecule has 0 amide bonds. The molecule has 30 heavy (non-hydrogen) atoms. The van der Waals surface area contributed by atoms with Gasteiger partial charge in [-0.25, -0.2) is 0 Å². The summed E-state index contributed by atoms with van der Waals surface area (Å²) in [6, 6.07) is 29.0. The number of nitrogens with zero attached hydrogens (tertiary/aromatic N) is 1. The Morgan fingerprint density at radius 1 is 0.867 bits per heavy atom. The monoisotopic (exact) mass is 400 g/mol. The second-order valence-corrected chi connectivity index (χ2v) is 9.18. The van der Waals surface area contributed by atoms with E-state index in [0.29, 0.717) is 0 Å². The zero-order valence-corrected chi connectivity index (χ0v) is 17.6. The third kappa shape index (κ3) is 2.96. The third-order valence-corrected chi connectivity index (χ3v) is 7.57. The van der Waals surface area contributed by atoms with Crippen LogP contribution in [0.15, 0.2) is 84.9 Å². The van der Waals surface area contributed by atoms with Crippen molar-refractivity contribution < 1.29 is 14.3 Å². The molecule has 5 rings (SSSR count). The van der Waals surface area contributed by atoms with Crippen LogP contribution in [0.1, 0.15) is 29.5 Å². The van der Waals surface area contributed by atoms with Gasteiger partial charge in [0.05, 0.1) is 32.2 Å². The first-order chi connectivity index (χ1) is 14.6. The average Bonchev–Trinajstić information content (AvgIpc) is 3.37. The van der Waals surface area contributed by atoms with Crippen molar-refractivity contribution in [3.63, 3.8) is 0 Å². The van der Waals surface area contributed by atoms with Gasteiger partial charge < -0.3 is 14.3 Å². The Morgan fingerprint density at radius 3 is 2.03 bits per heavy atom. The van der Waals surface area contributed by atoms with Gasteiger partial charge in [0.1, 0.15) is 17.9 Å². The molecule has 3 nitrogen and oxygen atoms in total. The van der Waals surface area contributed by atoms with Crippen molar-refractivity contribution in [2.24, 2.45) is 5.41 Å². The summed E-state index contributed by atoms with van der Waals surface area (Å²) in [6.45, 7) is 4.22. The van der Waals surface area contributed by atoms with Crippen LogP contribution >= 0.6 is 0 Å². The number of hydrogen-bond acceptors (Lipinski definition) is 2. The Kier molecular flexibility index (Phi) is 4.68. The number of aliphatic hydroxyl groups is 1. The molecule has 2 fully saturated rings. The first-order valence-electron chi connectivity index (χ1n) is 10.9. The van der Waals surface area contributed by atoms with E-state index < -0.39 is 5.60 Å². The minimum Gasteiger partial charge on any atom is -0.497 e. The molecular formula is C27H30NO2+. The SMILES string of the molecule is COc1cccc(C[N+]23CCC(C(O)(c4ccccc4)c4ccccc4)(CC2)C3)c1. The van der Waals surface area contributed by atoms with E-state index >= 15 is 0 Å². The minimum absolute atomic E-state index is 0.144. The molecule has 3 heteroatoms. The van der Waals surface area contributed by atoms with Gasteiger partial charge in [-0.15, -0.1) is 0 Å². The van der Waals surface area contributed by atoms with Gasteiger partial charge in [0.25, 0.3) is 0 Å². The van der Waals surface area contributed by atoms with Crippen molar-refractivity contribution >= 4 is 0 Å². The zero-order chi connectivity index (χ0) is 20.7. The summed E-state index contributed by atoms with van der Waals surface area (Å²) in [5.41, 5.74) is 2.23. The Hall–Kier alpha value is -2.62. The Balaban J connectivity index is 1.53. The smallest absolute Gasteiger partial charge is 0.126 e. The van der Waals surface area contributed by atoms with Gasteiger partial charge in [-0.3, -0.25) is 0 Å². The lowest BCUT2D eigenvalue weighted by Crippen LogP contribution is -2.46. The molecule has 0 spiro atoms. The fourth-order valence-corrected chi connectivity index (χ4v) is 6.08. The van der Waals surface area contributed by atoms with E-state index in [-0.39, 0.29) is 5.41 Å². The predicted octanol–water partition coefficient (Wildman–Crippen LogP) is 4.74. The molecule has 3 aromatic carbocycles. The van der Waals surface area contributed by atoms with Crippen LogP contribution in [0.2, 0.25) is 0 Å². The fraction of sp³-hybridized carbons (Fsp3) is 0.333. The van der Waals surface area contributed by atoms with Crippen LogP contribution in [-0.4, -0.2) is 36.3 Å². The molecule has 2 saturated heterocycles. The molecule has 2 heterocycles. The molecule has 0 radical (unpaired) electrons. The van der Waals surface area contributed by atoms with E-state index in [1.807, 2.05) is 42.5 Å². The van der Waals surface area contributed by atoms with Crippen LogP contribution < -0.4 is 4.74 Å². The summed E-state index contributed by atoms with van der Waals surface area (Å²) >= 11 is 0. The topological polar surface area (TPSA) is 29.5 Å². The number of benzene rings is 3. The average molecular weight is 401 g/mol.